The summed E-state index contributed by atoms with van der Waals surface area (Å²) in [5.74, 6) is 0.789. The first-order chi connectivity index (χ1) is 13.9. The molecule has 0 radical (unpaired) electrons. The molecule has 2 aromatic rings. The Balaban J connectivity index is 2.25. The lowest BCUT2D eigenvalue weighted by atomic mass is 9.88. The fourth-order valence-corrected chi connectivity index (χ4v) is 3.83. The Kier molecular flexibility index (Phi) is 6.49. The van der Waals surface area contributed by atoms with Crippen LogP contribution in [0.3, 0.4) is 0 Å². The van der Waals surface area contributed by atoms with E-state index in [-0.39, 0.29) is 6.04 Å². The second-order valence-corrected chi connectivity index (χ2v) is 7.87. The average Bonchev–Trinajstić information content (AvgIpc) is 2.71. The second kappa shape index (κ2) is 8.88. The number of aliphatic hydroxyl groups is 1. The monoisotopic (exact) mass is 397 g/mol. The summed E-state index contributed by atoms with van der Waals surface area (Å²) in [6.45, 7) is 8.09. The van der Waals surface area contributed by atoms with Gasteiger partial charge in [-0.05, 0) is 44.0 Å². The summed E-state index contributed by atoms with van der Waals surface area (Å²) < 4.78 is 5.58. The number of anilines is 1. The van der Waals surface area contributed by atoms with Crippen LogP contribution in [0.15, 0.2) is 24.4 Å². The van der Waals surface area contributed by atoms with Gasteiger partial charge in [0.25, 0.3) is 0 Å². The van der Waals surface area contributed by atoms with Crippen LogP contribution in [0.1, 0.15) is 51.3 Å². The molecule has 0 aromatic carbocycles. The Morgan fingerprint density at radius 1 is 1.52 bits per heavy atom. The van der Waals surface area contributed by atoms with Crippen LogP contribution in [-0.4, -0.2) is 47.1 Å². The van der Waals surface area contributed by atoms with Crippen molar-refractivity contribution in [2.24, 2.45) is 5.73 Å². The van der Waals surface area contributed by atoms with E-state index in [4.69, 9.17) is 20.9 Å². The first kappa shape index (κ1) is 21.2. The summed E-state index contributed by atoms with van der Waals surface area (Å²) in [5.41, 5.74) is 7.56. The number of nitrogens with one attached hydrogen (secondary N) is 1. The van der Waals surface area contributed by atoms with Gasteiger partial charge in [0.15, 0.2) is 0 Å². The zero-order valence-corrected chi connectivity index (χ0v) is 17.5. The maximum absolute atomic E-state index is 11.4. The van der Waals surface area contributed by atoms with Crippen molar-refractivity contribution in [1.82, 2.24) is 9.97 Å². The standard InChI is InChI=1S/C22H31N5O2/c1-4-5-8-22(3,28)17-13-19(27-11-12-29-14-15(27)2)26-20-16(17)7-10-25-21(20)18(24)6-9-23/h6-7,9-10,13,15,23,28H,4-5,8,11-12,14,24H2,1-3H3. The van der Waals surface area contributed by atoms with Crippen LogP contribution in [0.5, 0.6) is 0 Å². The molecule has 0 spiro atoms. The number of pyridine rings is 2. The quantitative estimate of drug-likeness (QED) is 0.619. The summed E-state index contributed by atoms with van der Waals surface area (Å²) in [6, 6.07) is 4.06. The number of allylic oxidation sites excluding steroid dienone is 1. The van der Waals surface area contributed by atoms with Gasteiger partial charge < -0.3 is 25.9 Å². The molecule has 29 heavy (non-hydrogen) atoms. The van der Waals surface area contributed by atoms with Crippen molar-refractivity contribution in [1.29, 1.82) is 5.41 Å². The van der Waals surface area contributed by atoms with Crippen LogP contribution in [0.4, 0.5) is 5.82 Å². The zero-order chi connectivity index (χ0) is 21.0. The summed E-state index contributed by atoms with van der Waals surface area (Å²) >= 11 is 0. The van der Waals surface area contributed by atoms with E-state index in [0.29, 0.717) is 36.5 Å². The number of nitrogens with zero attached hydrogens (tertiary/aromatic N) is 3. The molecule has 7 nitrogen and oxygen atoms in total. The zero-order valence-electron chi connectivity index (χ0n) is 17.5. The van der Waals surface area contributed by atoms with Gasteiger partial charge in [0, 0.05) is 24.3 Å². The smallest absolute Gasteiger partial charge is 0.130 e. The van der Waals surface area contributed by atoms with Gasteiger partial charge in [-0.2, -0.15) is 0 Å². The highest BCUT2D eigenvalue weighted by molar-refractivity contribution is 5.94. The molecule has 1 aliphatic rings. The highest BCUT2D eigenvalue weighted by atomic mass is 16.5. The Hall–Kier alpha value is -2.51. The van der Waals surface area contributed by atoms with E-state index in [2.05, 4.69) is 23.7 Å². The molecule has 1 aliphatic heterocycles. The summed E-state index contributed by atoms with van der Waals surface area (Å²) in [7, 11) is 0. The molecular weight excluding hydrogens is 366 g/mol. The number of unbranched alkanes of at least 4 members (excludes halogenated alkanes) is 1. The molecule has 0 amide bonds. The minimum absolute atomic E-state index is 0.178. The van der Waals surface area contributed by atoms with Gasteiger partial charge in [0.05, 0.1) is 30.6 Å². The summed E-state index contributed by atoms with van der Waals surface area (Å²) in [6.07, 6.45) is 6.91. The maximum Gasteiger partial charge on any atom is 0.130 e. The maximum atomic E-state index is 11.4. The molecule has 4 N–H and O–H groups in total. The third-order valence-corrected chi connectivity index (χ3v) is 5.51. The van der Waals surface area contributed by atoms with Crippen molar-refractivity contribution in [3.63, 3.8) is 0 Å². The Bertz CT molecular complexity index is 909. The van der Waals surface area contributed by atoms with Crippen molar-refractivity contribution in [3.8, 4) is 0 Å². The molecule has 2 unspecified atom stereocenters. The van der Waals surface area contributed by atoms with Gasteiger partial charge >= 0.3 is 0 Å². The molecular formula is C22H31N5O2. The number of rotatable bonds is 7. The summed E-state index contributed by atoms with van der Waals surface area (Å²) in [4.78, 5) is 11.5. The molecule has 0 aliphatic carbocycles. The number of morpholine rings is 1. The molecule has 1 saturated heterocycles. The highest BCUT2D eigenvalue weighted by Gasteiger charge is 2.29. The van der Waals surface area contributed by atoms with E-state index in [1.165, 1.54) is 6.08 Å². The van der Waals surface area contributed by atoms with Crippen LogP contribution >= 0.6 is 0 Å². The predicted molar refractivity (Wildman–Crippen MR) is 117 cm³/mol. The van der Waals surface area contributed by atoms with Gasteiger partial charge in [-0.3, -0.25) is 4.98 Å². The minimum atomic E-state index is -1.000. The van der Waals surface area contributed by atoms with E-state index >= 15 is 0 Å². The van der Waals surface area contributed by atoms with E-state index in [9.17, 15) is 5.11 Å². The molecule has 0 bridgehead atoms. The molecule has 3 heterocycles. The number of aromatic nitrogens is 2. The fraction of sp³-hybridized carbons (Fsp3) is 0.500. The van der Waals surface area contributed by atoms with Gasteiger partial charge in [-0.15, -0.1) is 0 Å². The topological polar surface area (TPSA) is 108 Å². The molecule has 0 saturated carbocycles. The first-order valence-corrected chi connectivity index (χ1v) is 10.2. The molecule has 1 fully saturated rings. The van der Waals surface area contributed by atoms with E-state index < -0.39 is 5.60 Å². The van der Waals surface area contributed by atoms with Crippen LogP contribution in [-0.2, 0) is 10.3 Å². The van der Waals surface area contributed by atoms with E-state index in [1.807, 2.05) is 19.1 Å². The van der Waals surface area contributed by atoms with E-state index in [1.54, 1.807) is 6.20 Å². The normalized spacial score (nSPS) is 19.9. The molecule has 2 aromatic heterocycles. The highest BCUT2D eigenvalue weighted by Crippen LogP contribution is 2.36. The van der Waals surface area contributed by atoms with Gasteiger partial charge in [-0.25, -0.2) is 4.98 Å². The molecule has 3 rings (SSSR count). The lowest BCUT2D eigenvalue weighted by Gasteiger charge is -2.35. The van der Waals surface area contributed by atoms with E-state index in [0.717, 1.165) is 42.4 Å². The third-order valence-electron chi connectivity index (χ3n) is 5.51. The van der Waals surface area contributed by atoms with Crippen LogP contribution in [0.2, 0.25) is 0 Å². The van der Waals surface area contributed by atoms with Crippen molar-refractivity contribution < 1.29 is 9.84 Å². The second-order valence-electron chi connectivity index (χ2n) is 7.87. The Labute approximate surface area is 172 Å². The SMILES string of the molecule is CCCCC(C)(O)c1cc(N2CCOCC2C)nc2c(C(N)=CC=N)nccc12. The lowest BCUT2D eigenvalue weighted by Crippen LogP contribution is -2.44. The minimum Gasteiger partial charge on any atom is -0.397 e. The number of fused-ring (bicyclic) bond motifs is 1. The average molecular weight is 398 g/mol. The van der Waals surface area contributed by atoms with Crippen molar-refractivity contribution in [3.05, 3.63) is 35.7 Å². The fourth-order valence-electron chi connectivity index (χ4n) is 3.83. The third kappa shape index (κ3) is 4.41. The molecule has 7 heteroatoms. The van der Waals surface area contributed by atoms with Crippen molar-refractivity contribution in [2.75, 3.05) is 24.7 Å². The van der Waals surface area contributed by atoms with Crippen LogP contribution in [0, 0.1) is 5.41 Å². The van der Waals surface area contributed by atoms with Crippen molar-refractivity contribution in [2.45, 2.75) is 51.7 Å². The summed E-state index contributed by atoms with van der Waals surface area (Å²) in [5, 5.41) is 19.5. The molecule has 2 atom stereocenters. The number of ether oxygens (including phenoxy) is 1. The lowest BCUT2D eigenvalue weighted by molar-refractivity contribution is 0.0468. The van der Waals surface area contributed by atoms with Crippen LogP contribution in [0.25, 0.3) is 16.6 Å². The number of hydrogen-bond donors (Lipinski definition) is 3. The Morgan fingerprint density at radius 2 is 2.31 bits per heavy atom. The number of nitrogens with two attached hydrogens (primary N) is 1. The van der Waals surface area contributed by atoms with Gasteiger partial charge in [0.1, 0.15) is 17.0 Å². The van der Waals surface area contributed by atoms with Crippen LogP contribution < -0.4 is 10.6 Å². The largest absolute Gasteiger partial charge is 0.397 e. The van der Waals surface area contributed by atoms with Gasteiger partial charge in [0.2, 0.25) is 0 Å². The predicted octanol–water partition coefficient (Wildman–Crippen LogP) is 3.20. The first-order valence-electron chi connectivity index (χ1n) is 10.2. The van der Waals surface area contributed by atoms with Gasteiger partial charge in [-0.1, -0.05) is 19.8 Å². The molecule has 156 valence electrons. The number of hydrogen-bond acceptors (Lipinski definition) is 7. The van der Waals surface area contributed by atoms with Crippen molar-refractivity contribution >= 4 is 28.6 Å². The Morgan fingerprint density at radius 3 is 3.00 bits per heavy atom.